The normalized spacial score (nSPS) is 23.8. The van der Waals surface area contributed by atoms with Gasteiger partial charge in [-0.1, -0.05) is 0 Å². The zero-order valence-corrected chi connectivity index (χ0v) is 11.2. The zero-order valence-electron chi connectivity index (χ0n) is 11.2. The van der Waals surface area contributed by atoms with Crippen molar-refractivity contribution in [3.8, 4) is 0 Å². The molecule has 2 heterocycles. The molecule has 1 aliphatic heterocycles. The molecule has 0 radical (unpaired) electrons. The largest absolute Gasteiger partial charge is 0.379 e. The number of nitrogens with zero attached hydrogens (tertiary/aromatic N) is 2. The average Bonchev–Trinajstić information content (AvgIpc) is 2.76. The van der Waals surface area contributed by atoms with E-state index in [4.69, 9.17) is 4.74 Å². The van der Waals surface area contributed by atoms with Crippen LogP contribution >= 0.6 is 0 Å². The summed E-state index contributed by atoms with van der Waals surface area (Å²) >= 11 is 0. The number of aryl methyl sites for hydroxylation is 1. The Labute approximate surface area is 108 Å². The van der Waals surface area contributed by atoms with Gasteiger partial charge in [-0.3, -0.25) is 4.68 Å². The van der Waals surface area contributed by atoms with Crippen molar-refractivity contribution in [3.05, 3.63) is 18.0 Å². The number of alkyl halides is 1. The lowest BCUT2D eigenvalue weighted by atomic mass is 9.92. The number of hydrogen-bond donors (Lipinski definition) is 1. The maximum absolute atomic E-state index is 14.5. The quantitative estimate of drug-likeness (QED) is 0.867. The predicted molar refractivity (Wildman–Crippen MR) is 68.3 cm³/mol. The van der Waals surface area contributed by atoms with Crippen molar-refractivity contribution >= 4 is 0 Å². The van der Waals surface area contributed by atoms with Crippen LogP contribution in [-0.2, 0) is 17.7 Å². The van der Waals surface area contributed by atoms with Gasteiger partial charge in [-0.2, -0.15) is 5.10 Å². The minimum Gasteiger partial charge on any atom is -0.379 e. The first-order valence-electron chi connectivity index (χ1n) is 6.60. The first kappa shape index (κ1) is 13.5. The molecular formula is C13H22FN3O. The maximum Gasteiger partial charge on any atom is 0.114 e. The van der Waals surface area contributed by atoms with Gasteiger partial charge in [-0.25, -0.2) is 4.39 Å². The van der Waals surface area contributed by atoms with Crippen LogP contribution in [0.25, 0.3) is 0 Å². The van der Waals surface area contributed by atoms with E-state index in [1.54, 1.807) is 13.1 Å². The van der Waals surface area contributed by atoms with Gasteiger partial charge in [0.05, 0.1) is 19.4 Å². The Hall–Kier alpha value is -0.940. The van der Waals surface area contributed by atoms with Crippen molar-refractivity contribution in [1.82, 2.24) is 15.1 Å². The molecule has 1 N–H and O–H groups in total. The minimum absolute atomic E-state index is 0.120. The number of morpholine rings is 1. The van der Waals surface area contributed by atoms with E-state index in [-0.39, 0.29) is 6.04 Å². The van der Waals surface area contributed by atoms with Crippen molar-refractivity contribution in [1.29, 1.82) is 0 Å². The van der Waals surface area contributed by atoms with E-state index < -0.39 is 5.67 Å². The third-order valence-electron chi connectivity index (χ3n) is 3.25. The minimum atomic E-state index is -1.22. The van der Waals surface area contributed by atoms with Crippen LogP contribution in [0.3, 0.4) is 0 Å². The van der Waals surface area contributed by atoms with E-state index in [1.807, 2.05) is 17.8 Å². The van der Waals surface area contributed by atoms with Gasteiger partial charge >= 0.3 is 0 Å². The summed E-state index contributed by atoms with van der Waals surface area (Å²) in [7, 11) is 0. The number of rotatable bonds is 5. The number of nitrogens with one attached hydrogen (secondary N) is 1. The molecule has 1 aliphatic rings. The van der Waals surface area contributed by atoms with Gasteiger partial charge in [0, 0.05) is 31.7 Å². The molecule has 2 rings (SSSR count). The van der Waals surface area contributed by atoms with Crippen LogP contribution in [0.1, 0.15) is 25.8 Å². The van der Waals surface area contributed by atoms with Crippen LogP contribution in [0.4, 0.5) is 4.39 Å². The molecule has 1 fully saturated rings. The van der Waals surface area contributed by atoms with E-state index in [0.717, 1.165) is 25.3 Å². The van der Waals surface area contributed by atoms with Gasteiger partial charge in [0.25, 0.3) is 0 Å². The van der Waals surface area contributed by atoms with Crippen molar-refractivity contribution in [2.75, 3.05) is 19.8 Å². The molecule has 1 aromatic rings. The summed E-state index contributed by atoms with van der Waals surface area (Å²) in [5.41, 5.74) is -0.265. The number of aromatic nitrogens is 2. The SMILES string of the molecule is CCn1cc(CC(C)(F)CC2COCCN2)cn1. The first-order chi connectivity index (χ1) is 8.59. The number of halogens is 1. The second kappa shape index (κ2) is 5.80. The zero-order chi connectivity index (χ0) is 13.0. The van der Waals surface area contributed by atoms with Gasteiger partial charge in [0.1, 0.15) is 5.67 Å². The van der Waals surface area contributed by atoms with E-state index in [9.17, 15) is 4.39 Å². The van der Waals surface area contributed by atoms with Crippen LogP contribution in [0, 0.1) is 0 Å². The van der Waals surface area contributed by atoms with E-state index in [1.165, 1.54) is 0 Å². The Morgan fingerprint density at radius 3 is 3.11 bits per heavy atom. The predicted octanol–water partition coefficient (Wildman–Crippen LogP) is 1.55. The molecule has 0 amide bonds. The van der Waals surface area contributed by atoms with Gasteiger partial charge in [-0.15, -0.1) is 0 Å². The fourth-order valence-electron chi connectivity index (χ4n) is 2.43. The number of hydrogen-bond acceptors (Lipinski definition) is 3. The molecule has 1 aromatic heterocycles. The summed E-state index contributed by atoms with van der Waals surface area (Å²) in [6, 6.07) is 0.120. The molecule has 1 saturated heterocycles. The lowest BCUT2D eigenvalue weighted by Gasteiger charge is -2.29. The first-order valence-corrected chi connectivity index (χ1v) is 6.60. The highest BCUT2D eigenvalue weighted by Crippen LogP contribution is 2.24. The summed E-state index contributed by atoms with van der Waals surface area (Å²) in [5, 5.41) is 7.47. The van der Waals surface area contributed by atoms with E-state index in [2.05, 4.69) is 10.4 Å². The maximum atomic E-state index is 14.5. The Balaban J connectivity index is 1.89. The third-order valence-corrected chi connectivity index (χ3v) is 3.25. The summed E-state index contributed by atoms with van der Waals surface area (Å²) in [6.07, 6.45) is 4.56. The Morgan fingerprint density at radius 2 is 2.50 bits per heavy atom. The Kier molecular flexibility index (Phi) is 4.35. The standard InChI is InChI=1S/C13H22FN3O/c1-3-17-9-11(8-16-17)6-13(2,14)7-12-10-18-5-4-15-12/h8-9,12,15H,3-7,10H2,1-2H3. The van der Waals surface area contributed by atoms with Crippen molar-refractivity contribution in [2.45, 2.75) is 44.9 Å². The molecule has 2 atom stereocenters. The van der Waals surface area contributed by atoms with Crippen LogP contribution in [0.5, 0.6) is 0 Å². The van der Waals surface area contributed by atoms with Crippen LogP contribution in [0.2, 0.25) is 0 Å². The highest BCUT2D eigenvalue weighted by atomic mass is 19.1. The summed E-state index contributed by atoms with van der Waals surface area (Å²) in [6.45, 7) is 6.65. The van der Waals surface area contributed by atoms with Crippen molar-refractivity contribution < 1.29 is 9.13 Å². The van der Waals surface area contributed by atoms with E-state index in [0.29, 0.717) is 19.4 Å². The van der Waals surface area contributed by atoms with E-state index >= 15 is 0 Å². The van der Waals surface area contributed by atoms with Crippen LogP contribution in [-0.4, -0.2) is 41.2 Å². The van der Waals surface area contributed by atoms with Crippen LogP contribution in [0.15, 0.2) is 12.4 Å². The second-order valence-electron chi connectivity index (χ2n) is 5.22. The molecule has 4 nitrogen and oxygen atoms in total. The molecule has 0 bridgehead atoms. The molecule has 2 unspecified atom stereocenters. The Bertz CT molecular complexity index is 372. The van der Waals surface area contributed by atoms with Crippen molar-refractivity contribution in [2.24, 2.45) is 0 Å². The average molecular weight is 255 g/mol. The topological polar surface area (TPSA) is 39.1 Å². The molecule has 0 saturated carbocycles. The smallest absolute Gasteiger partial charge is 0.114 e. The highest BCUT2D eigenvalue weighted by Gasteiger charge is 2.29. The molecule has 0 spiro atoms. The molecule has 102 valence electrons. The molecule has 5 heteroatoms. The van der Waals surface area contributed by atoms with Gasteiger partial charge in [0.15, 0.2) is 0 Å². The van der Waals surface area contributed by atoms with Crippen LogP contribution < -0.4 is 5.32 Å². The van der Waals surface area contributed by atoms with Crippen molar-refractivity contribution in [3.63, 3.8) is 0 Å². The van der Waals surface area contributed by atoms with Gasteiger partial charge in [-0.05, 0) is 25.8 Å². The Morgan fingerprint density at radius 1 is 1.67 bits per heavy atom. The van der Waals surface area contributed by atoms with Gasteiger partial charge in [0.2, 0.25) is 0 Å². The molecule has 18 heavy (non-hydrogen) atoms. The molecule has 0 aliphatic carbocycles. The lowest BCUT2D eigenvalue weighted by Crippen LogP contribution is -2.45. The lowest BCUT2D eigenvalue weighted by molar-refractivity contribution is 0.0483. The van der Waals surface area contributed by atoms with Gasteiger partial charge < -0.3 is 10.1 Å². The fraction of sp³-hybridized carbons (Fsp3) is 0.769. The summed E-state index contributed by atoms with van der Waals surface area (Å²) in [5.74, 6) is 0. The molecular weight excluding hydrogens is 233 g/mol. The highest BCUT2D eigenvalue weighted by molar-refractivity contribution is 5.08. The summed E-state index contributed by atoms with van der Waals surface area (Å²) in [4.78, 5) is 0. The summed E-state index contributed by atoms with van der Waals surface area (Å²) < 4.78 is 21.7. The number of ether oxygens (including phenoxy) is 1. The molecule has 0 aromatic carbocycles. The third kappa shape index (κ3) is 3.78. The fourth-order valence-corrected chi connectivity index (χ4v) is 2.43. The second-order valence-corrected chi connectivity index (χ2v) is 5.22. The monoisotopic (exact) mass is 255 g/mol.